The zero-order valence-electron chi connectivity index (χ0n) is 47.7. The van der Waals surface area contributed by atoms with E-state index < -0.39 is 142 Å². The number of Topliss-reactive ketones (excluding diaryl/α,β-unsaturated/α-hetero) is 2. The number of halogens is 6. The smallest absolute Gasteiger partial charge is 0.455 e. The Morgan fingerprint density at radius 3 is 1.72 bits per heavy atom. The molecule has 2 aromatic rings. The first-order valence-corrected chi connectivity index (χ1v) is 32.2. The minimum Gasteiger partial charge on any atom is -0.506 e. The van der Waals surface area contributed by atoms with Crippen molar-refractivity contribution >= 4 is 109 Å². The van der Waals surface area contributed by atoms with Gasteiger partial charge in [0.25, 0.3) is 15.5 Å². The highest BCUT2D eigenvalue weighted by atomic mass is 35.6. The molecule has 4 aliphatic heterocycles. The van der Waals surface area contributed by atoms with E-state index in [-0.39, 0.29) is 31.1 Å². The number of piperidine rings is 1. The number of amides is 3. The number of nitro groups is 1. The fourth-order valence-corrected chi connectivity index (χ4v) is 15.4. The number of allylic oxidation sites excluding steroid dienone is 12. The van der Waals surface area contributed by atoms with E-state index in [0.717, 1.165) is 74.6 Å². The predicted molar refractivity (Wildman–Crippen MR) is 314 cm³/mol. The molecule has 3 N–H and O–H groups in total. The van der Waals surface area contributed by atoms with Crippen LogP contribution in [-0.4, -0.2) is 130 Å². The number of nitrogens with one attached hydrogen (secondary N) is 2. The number of carbonyl (C=O) groups is 5. The molecule has 0 atom stereocenters. The fourth-order valence-electron chi connectivity index (χ4n) is 8.44. The molecule has 4 aliphatic rings. The molecule has 0 bridgehead atoms. The molecule has 33 heteroatoms. The van der Waals surface area contributed by atoms with Crippen molar-refractivity contribution in [2.24, 2.45) is 10.8 Å². The number of imide groups is 1. The zero-order chi connectivity index (χ0) is 65.8. The molecule has 0 aromatic carbocycles. The molecule has 0 unspecified atom stereocenters. The Morgan fingerprint density at radius 2 is 1.27 bits per heavy atom. The van der Waals surface area contributed by atoms with E-state index in [1.54, 1.807) is 58.6 Å². The molecule has 3 amide bonds. The van der Waals surface area contributed by atoms with E-state index in [0.29, 0.717) is 13.1 Å². The molecule has 0 radical (unpaired) electrons. The largest absolute Gasteiger partial charge is 0.506 e. The molecule has 468 valence electrons. The molecule has 0 saturated carbocycles. The second kappa shape index (κ2) is 26.6. The van der Waals surface area contributed by atoms with Gasteiger partial charge in [-0.2, -0.15) is 13.2 Å². The first-order valence-electron chi connectivity index (χ1n) is 25.1. The summed E-state index contributed by atoms with van der Waals surface area (Å²) < 4.78 is 139. The van der Waals surface area contributed by atoms with Crippen molar-refractivity contribution in [1.29, 1.82) is 0 Å². The lowest BCUT2D eigenvalue weighted by molar-refractivity contribution is -0.419. The van der Waals surface area contributed by atoms with Crippen LogP contribution in [0.15, 0.2) is 153 Å². The van der Waals surface area contributed by atoms with Crippen LogP contribution in [0.3, 0.4) is 0 Å². The standard InChI is InChI=1S/C20H25N3O6S.C17H19Cl3N2O5S.C16H15F3N2O5S2/c1-19(2,3)13-11-12(16(24)17(20(4,5)6)30(13,28)29)15(23(26)27)18(25)22-14-9-7-8-10-21-14;1-10-8-12(9-13(28(10,26)27)22-6-4-3-5-7-22)14(15(24)17(18,19)20)16(25)21-11(2)23;1-10-8-11(9-13(21(2)3)27(10,23)24)14(15(22)16(17,18)19)28(25,26)12-6-4-5-7-20-12/h7-11,24H,1-6H3,(H,21,22,25);8-9H,3-7H2,1-2H3,(H,21,23,25);4-9H,1-3H3/b15-12-;14-12-;14-11-. The number of alkyl halides is 6. The number of rotatable bonds is 10. The summed E-state index contributed by atoms with van der Waals surface area (Å²) in [6, 6.07) is 8.15. The molecule has 6 rings (SSSR count). The van der Waals surface area contributed by atoms with Crippen molar-refractivity contribution in [1.82, 2.24) is 25.1 Å². The van der Waals surface area contributed by atoms with Gasteiger partial charge < -0.3 is 20.2 Å². The molecule has 0 spiro atoms. The number of carbonyl (C=O) groups excluding carboxylic acids is 5. The SMILES string of the molecule is CC(=O)NC(=O)/C(C(=O)C(Cl)(Cl)Cl)=C1/C=C(C)S(=O)(=O)C(N2CCCCC2)=C1.CC(C)(C)C1=C/C(=C(\C(=O)Nc2ccccn2)[N+](=O)[O-])C(O)=C(C(C)(C)C)S1(=O)=O.CC1=C/C(=C(\C(=O)C(F)(F)F)S(=O)(=O)c2ccccn2)C=C(N(C)C)S1(=O)=O. The van der Waals surface area contributed by atoms with Crippen LogP contribution in [0.25, 0.3) is 0 Å². The lowest BCUT2D eigenvalue weighted by Gasteiger charge is -2.33. The van der Waals surface area contributed by atoms with Crippen LogP contribution in [0.4, 0.5) is 19.0 Å². The number of ketones is 2. The second-order valence-electron chi connectivity index (χ2n) is 21.3. The van der Waals surface area contributed by atoms with Crippen LogP contribution in [0.5, 0.6) is 0 Å². The van der Waals surface area contributed by atoms with E-state index >= 15 is 0 Å². The van der Waals surface area contributed by atoms with E-state index in [1.165, 1.54) is 51.5 Å². The van der Waals surface area contributed by atoms with Crippen molar-refractivity contribution in [3.8, 4) is 0 Å². The second-order valence-corrected chi connectivity index (χ2v) is 31.4. The Bertz CT molecular complexity index is 3920. The summed E-state index contributed by atoms with van der Waals surface area (Å²) in [4.78, 5) is 79.6. The third kappa shape index (κ3) is 16.4. The summed E-state index contributed by atoms with van der Waals surface area (Å²) in [5.74, 6) is -7.43. The van der Waals surface area contributed by atoms with E-state index in [2.05, 4.69) is 15.3 Å². The fraction of sp³-hybridized carbons (Fsp3) is 0.377. The van der Waals surface area contributed by atoms with Crippen molar-refractivity contribution in [3.63, 3.8) is 0 Å². The summed E-state index contributed by atoms with van der Waals surface area (Å²) in [5, 5.41) is 25.7. The van der Waals surface area contributed by atoms with Crippen molar-refractivity contribution in [2.75, 3.05) is 32.5 Å². The van der Waals surface area contributed by atoms with Gasteiger partial charge >= 0.3 is 17.8 Å². The van der Waals surface area contributed by atoms with Crippen LogP contribution >= 0.6 is 34.8 Å². The topological polar surface area (TPSA) is 342 Å². The number of nitrogens with zero attached hydrogens (tertiary/aromatic N) is 5. The highest BCUT2D eigenvalue weighted by Gasteiger charge is 2.49. The van der Waals surface area contributed by atoms with Gasteiger partial charge in [0.15, 0.2) is 5.03 Å². The lowest BCUT2D eigenvalue weighted by Crippen LogP contribution is -2.37. The average molecular weight is 1340 g/mol. The molecule has 1 fully saturated rings. The third-order valence-electron chi connectivity index (χ3n) is 12.3. The van der Waals surface area contributed by atoms with Gasteiger partial charge in [-0.1, -0.05) is 88.5 Å². The zero-order valence-corrected chi connectivity index (χ0v) is 53.3. The monoisotopic (exact) mass is 1340 g/mol. The van der Waals surface area contributed by atoms with Crippen molar-refractivity contribution in [3.05, 3.63) is 158 Å². The van der Waals surface area contributed by atoms with Crippen molar-refractivity contribution < 1.29 is 80.8 Å². The maximum atomic E-state index is 13.2. The summed E-state index contributed by atoms with van der Waals surface area (Å²) in [5.41, 5.74) is -4.76. The average Bonchev–Trinajstić information content (AvgIpc) is 0.774. The predicted octanol–water partition coefficient (Wildman–Crippen LogP) is 8.25. The van der Waals surface area contributed by atoms with Crippen molar-refractivity contribution in [2.45, 2.75) is 96.6 Å². The van der Waals surface area contributed by atoms with Crippen LogP contribution < -0.4 is 10.6 Å². The molecule has 23 nitrogen and oxygen atoms in total. The van der Waals surface area contributed by atoms with E-state index in [9.17, 15) is 86.0 Å². The summed E-state index contributed by atoms with van der Waals surface area (Å²) in [6.45, 7) is 14.2. The summed E-state index contributed by atoms with van der Waals surface area (Å²) in [7, 11) is -14.3. The number of hydrogen-bond acceptors (Lipinski definition) is 20. The minimum atomic E-state index is -5.51. The Kier molecular flexibility index (Phi) is 22.2. The molecule has 0 aliphatic carbocycles. The first kappa shape index (κ1) is 71.6. The minimum absolute atomic E-state index is 0.0209. The van der Waals surface area contributed by atoms with Gasteiger partial charge in [0.1, 0.15) is 32.1 Å². The summed E-state index contributed by atoms with van der Waals surface area (Å²) in [6.07, 6.45) is 4.39. The number of aliphatic hydroxyl groups is 1. The van der Waals surface area contributed by atoms with Crippen LogP contribution in [0.1, 0.15) is 81.6 Å². The Morgan fingerprint density at radius 1 is 0.733 bits per heavy atom. The van der Waals surface area contributed by atoms with Crippen LogP contribution in [0, 0.1) is 20.9 Å². The highest BCUT2D eigenvalue weighted by molar-refractivity contribution is 7.99. The van der Waals surface area contributed by atoms with Gasteiger partial charge in [0, 0.05) is 67.3 Å². The number of likely N-dealkylation sites (tertiary alicyclic amines) is 1. The lowest BCUT2D eigenvalue weighted by atomic mass is 9.90. The Hall–Kier alpha value is -6.83. The van der Waals surface area contributed by atoms with Crippen LogP contribution in [0.2, 0.25) is 0 Å². The van der Waals surface area contributed by atoms with Gasteiger partial charge in [-0.15, -0.1) is 0 Å². The van der Waals surface area contributed by atoms with Gasteiger partial charge in [0.05, 0.1) is 20.3 Å². The number of aliphatic hydroxyl groups excluding tert-OH is 1. The van der Waals surface area contributed by atoms with Gasteiger partial charge in [-0.3, -0.25) is 39.4 Å². The Balaban J connectivity index is 0.000000277. The van der Waals surface area contributed by atoms with Gasteiger partial charge in [0.2, 0.25) is 51.0 Å². The molecule has 86 heavy (non-hydrogen) atoms. The van der Waals surface area contributed by atoms with Gasteiger partial charge in [-0.25, -0.2) is 43.6 Å². The third-order valence-corrected chi connectivity index (χ3v) is 21.1. The first-order chi connectivity index (χ1) is 39.1. The number of sulfone groups is 4. The molecular formula is C53H59Cl3F3N7O16S4. The number of anilines is 1. The van der Waals surface area contributed by atoms with Gasteiger partial charge in [-0.05, 0) is 98.7 Å². The number of pyridine rings is 2. The Labute approximate surface area is 509 Å². The van der Waals surface area contributed by atoms with E-state index in [4.69, 9.17) is 34.8 Å². The molecule has 2 aromatic heterocycles. The highest BCUT2D eigenvalue weighted by Crippen LogP contribution is 2.47. The number of aromatic nitrogens is 2. The normalized spacial score (nSPS) is 19.5. The van der Waals surface area contributed by atoms with Crippen LogP contribution in [-0.2, 0) is 63.3 Å². The summed E-state index contributed by atoms with van der Waals surface area (Å²) >= 11 is 17.0. The quantitative estimate of drug-likeness (QED) is 0.0503. The maximum absolute atomic E-state index is 13.2. The van der Waals surface area contributed by atoms with E-state index in [1.807, 2.05) is 5.32 Å². The number of hydrogen-bond donors (Lipinski definition) is 3. The molecule has 1 saturated heterocycles. The maximum Gasteiger partial charge on any atom is 0.455 e. The molecule has 6 heterocycles. The molecular weight excluding hydrogens is 1280 g/mol.